The zero-order chi connectivity index (χ0) is 10.9. The Kier molecular flexibility index (Phi) is 6.60. The number of rotatable bonds is 7. The van der Waals surface area contributed by atoms with E-state index >= 15 is 0 Å². The van der Waals surface area contributed by atoms with Gasteiger partial charge in [0.15, 0.2) is 0 Å². The first kappa shape index (κ1) is 12.7. The second-order valence-electron chi connectivity index (χ2n) is 3.67. The van der Waals surface area contributed by atoms with E-state index in [1.54, 1.807) is 0 Å². The molecule has 0 saturated heterocycles. The van der Waals surface area contributed by atoms with Crippen LogP contribution in [0.1, 0.15) is 25.3 Å². The summed E-state index contributed by atoms with van der Waals surface area (Å²) in [6, 6.07) is 4.18. The summed E-state index contributed by atoms with van der Waals surface area (Å²) in [5, 5.41) is 1.04. The first-order chi connectivity index (χ1) is 7.36. The van der Waals surface area contributed by atoms with Gasteiger partial charge in [-0.1, -0.05) is 29.3 Å². The lowest BCUT2D eigenvalue weighted by Gasteiger charge is -2.20. The Morgan fingerprint density at radius 1 is 1.27 bits per heavy atom. The summed E-state index contributed by atoms with van der Waals surface area (Å²) in [6.07, 6.45) is 6.26. The lowest BCUT2D eigenvalue weighted by Crippen LogP contribution is -2.26. The van der Waals surface area contributed by atoms with Gasteiger partial charge in [-0.25, -0.2) is 0 Å². The van der Waals surface area contributed by atoms with Gasteiger partial charge in [-0.15, -0.1) is 0 Å². The highest BCUT2D eigenvalue weighted by atomic mass is 79.9. The monoisotopic (exact) mass is 270 g/mol. The summed E-state index contributed by atoms with van der Waals surface area (Å²) >= 11 is 3.50. The van der Waals surface area contributed by atoms with Gasteiger partial charge in [-0.05, 0) is 30.7 Å². The van der Waals surface area contributed by atoms with Crippen molar-refractivity contribution in [2.75, 3.05) is 18.4 Å². The van der Waals surface area contributed by atoms with Crippen LogP contribution in [0.3, 0.4) is 0 Å². The standard InChI is InChI=1S/C12H19BrN2/c1-2-3-9-15(10-6-13)11-12-4-7-14-8-5-12/h4-5,7-8H,2-3,6,9-11H2,1H3. The van der Waals surface area contributed by atoms with Crippen LogP contribution >= 0.6 is 15.9 Å². The van der Waals surface area contributed by atoms with E-state index in [4.69, 9.17) is 0 Å². The Bertz CT molecular complexity index is 251. The number of pyridine rings is 1. The lowest BCUT2D eigenvalue weighted by molar-refractivity contribution is 0.278. The highest BCUT2D eigenvalue weighted by Crippen LogP contribution is 2.05. The minimum absolute atomic E-state index is 1.04. The maximum atomic E-state index is 4.03. The van der Waals surface area contributed by atoms with Crippen LogP contribution in [0, 0.1) is 0 Å². The Morgan fingerprint density at radius 2 is 2.00 bits per heavy atom. The molecule has 1 aromatic heterocycles. The van der Waals surface area contributed by atoms with Gasteiger partial charge in [0.1, 0.15) is 0 Å². The van der Waals surface area contributed by atoms with Crippen LogP contribution in [-0.2, 0) is 6.54 Å². The molecule has 84 valence electrons. The van der Waals surface area contributed by atoms with E-state index in [1.807, 2.05) is 12.4 Å². The number of unbranched alkanes of at least 4 members (excludes halogenated alkanes) is 1. The van der Waals surface area contributed by atoms with Crippen LogP contribution in [0.4, 0.5) is 0 Å². The van der Waals surface area contributed by atoms with Gasteiger partial charge in [0.05, 0.1) is 0 Å². The molecule has 0 spiro atoms. The number of alkyl halides is 1. The molecule has 0 aliphatic carbocycles. The number of halogens is 1. The maximum Gasteiger partial charge on any atom is 0.0271 e. The van der Waals surface area contributed by atoms with Gasteiger partial charge in [0.25, 0.3) is 0 Å². The fourth-order valence-corrected chi connectivity index (χ4v) is 2.02. The van der Waals surface area contributed by atoms with Crippen LogP contribution in [0.5, 0.6) is 0 Å². The molecule has 0 unspecified atom stereocenters. The van der Waals surface area contributed by atoms with Crippen molar-refractivity contribution in [1.29, 1.82) is 0 Å². The molecule has 1 rings (SSSR count). The molecule has 0 fully saturated rings. The second kappa shape index (κ2) is 7.83. The molecular formula is C12H19BrN2. The molecule has 0 aliphatic heterocycles. The number of hydrogen-bond donors (Lipinski definition) is 0. The zero-order valence-electron chi connectivity index (χ0n) is 9.32. The summed E-state index contributed by atoms with van der Waals surface area (Å²) in [5.74, 6) is 0. The third-order valence-electron chi connectivity index (χ3n) is 2.38. The van der Waals surface area contributed by atoms with Crippen LogP contribution in [0.25, 0.3) is 0 Å². The maximum absolute atomic E-state index is 4.03. The highest BCUT2D eigenvalue weighted by molar-refractivity contribution is 9.09. The Labute approximate surface area is 101 Å². The van der Waals surface area contributed by atoms with Gasteiger partial charge in [-0.3, -0.25) is 9.88 Å². The lowest BCUT2D eigenvalue weighted by atomic mass is 10.2. The molecule has 2 nitrogen and oxygen atoms in total. The number of hydrogen-bond acceptors (Lipinski definition) is 2. The van der Waals surface area contributed by atoms with Gasteiger partial charge in [0, 0.05) is 30.8 Å². The summed E-state index contributed by atoms with van der Waals surface area (Å²) in [6.45, 7) is 5.57. The van der Waals surface area contributed by atoms with E-state index < -0.39 is 0 Å². The van der Waals surface area contributed by atoms with E-state index in [-0.39, 0.29) is 0 Å². The molecule has 1 aromatic rings. The normalized spacial score (nSPS) is 10.9. The SMILES string of the molecule is CCCCN(CCBr)Cc1ccncc1. The van der Waals surface area contributed by atoms with Crippen molar-refractivity contribution in [2.24, 2.45) is 0 Å². The van der Waals surface area contributed by atoms with Crippen LogP contribution in [0.15, 0.2) is 24.5 Å². The van der Waals surface area contributed by atoms with Crippen molar-refractivity contribution >= 4 is 15.9 Å². The molecule has 0 saturated carbocycles. The number of aromatic nitrogens is 1. The molecule has 0 atom stereocenters. The predicted molar refractivity (Wildman–Crippen MR) is 68.2 cm³/mol. The average Bonchev–Trinajstić information content (AvgIpc) is 2.28. The minimum Gasteiger partial charge on any atom is -0.298 e. The van der Waals surface area contributed by atoms with Crippen molar-refractivity contribution in [3.63, 3.8) is 0 Å². The third kappa shape index (κ3) is 5.28. The van der Waals surface area contributed by atoms with Gasteiger partial charge < -0.3 is 0 Å². The Balaban J connectivity index is 2.43. The third-order valence-corrected chi connectivity index (χ3v) is 2.74. The van der Waals surface area contributed by atoms with Crippen molar-refractivity contribution in [3.05, 3.63) is 30.1 Å². The minimum atomic E-state index is 1.04. The molecule has 15 heavy (non-hydrogen) atoms. The van der Waals surface area contributed by atoms with Crippen LogP contribution in [-0.4, -0.2) is 28.3 Å². The first-order valence-corrected chi connectivity index (χ1v) is 6.66. The molecule has 0 radical (unpaired) electrons. The fraction of sp³-hybridized carbons (Fsp3) is 0.583. The molecule has 0 aliphatic rings. The van der Waals surface area contributed by atoms with Crippen molar-refractivity contribution in [1.82, 2.24) is 9.88 Å². The predicted octanol–water partition coefficient (Wildman–Crippen LogP) is 3.08. The van der Waals surface area contributed by atoms with Gasteiger partial charge in [-0.2, -0.15) is 0 Å². The Morgan fingerprint density at radius 3 is 2.60 bits per heavy atom. The molecule has 0 bridgehead atoms. The fourth-order valence-electron chi connectivity index (χ4n) is 1.52. The van der Waals surface area contributed by atoms with Crippen LogP contribution < -0.4 is 0 Å². The van der Waals surface area contributed by atoms with E-state index in [1.165, 1.54) is 24.9 Å². The molecule has 1 heterocycles. The first-order valence-electron chi connectivity index (χ1n) is 5.54. The smallest absolute Gasteiger partial charge is 0.0271 e. The van der Waals surface area contributed by atoms with Crippen molar-refractivity contribution < 1.29 is 0 Å². The zero-order valence-corrected chi connectivity index (χ0v) is 10.9. The largest absolute Gasteiger partial charge is 0.298 e. The van der Waals surface area contributed by atoms with E-state index in [0.717, 1.165) is 18.4 Å². The van der Waals surface area contributed by atoms with E-state index in [2.05, 4.69) is 44.9 Å². The molecule has 0 amide bonds. The topological polar surface area (TPSA) is 16.1 Å². The van der Waals surface area contributed by atoms with Crippen molar-refractivity contribution in [2.45, 2.75) is 26.3 Å². The summed E-state index contributed by atoms with van der Waals surface area (Å²) < 4.78 is 0. The Hall–Kier alpha value is -0.410. The molecule has 0 N–H and O–H groups in total. The molecular weight excluding hydrogens is 252 g/mol. The quantitative estimate of drug-likeness (QED) is 0.708. The summed E-state index contributed by atoms with van der Waals surface area (Å²) in [5.41, 5.74) is 1.35. The van der Waals surface area contributed by atoms with Gasteiger partial charge >= 0.3 is 0 Å². The van der Waals surface area contributed by atoms with Crippen molar-refractivity contribution in [3.8, 4) is 0 Å². The molecule has 0 aromatic carbocycles. The van der Waals surface area contributed by atoms with Gasteiger partial charge in [0.2, 0.25) is 0 Å². The highest BCUT2D eigenvalue weighted by Gasteiger charge is 2.03. The van der Waals surface area contributed by atoms with E-state index in [9.17, 15) is 0 Å². The summed E-state index contributed by atoms with van der Waals surface area (Å²) in [4.78, 5) is 6.51. The van der Waals surface area contributed by atoms with Crippen LogP contribution in [0.2, 0.25) is 0 Å². The average molecular weight is 271 g/mol. The summed E-state index contributed by atoms with van der Waals surface area (Å²) in [7, 11) is 0. The second-order valence-corrected chi connectivity index (χ2v) is 4.47. The van der Waals surface area contributed by atoms with E-state index in [0.29, 0.717) is 0 Å². The number of nitrogens with zero attached hydrogens (tertiary/aromatic N) is 2. The molecule has 3 heteroatoms.